The van der Waals surface area contributed by atoms with Crippen LogP contribution < -0.4 is 4.74 Å². The molecule has 0 saturated carbocycles. The third kappa shape index (κ3) is 2.98. The van der Waals surface area contributed by atoms with E-state index in [0.29, 0.717) is 5.02 Å². The lowest BCUT2D eigenvalue weighted by Gasteiger charge is -2.25. The van der Waals surface area contributed by atoms with Gasteiger partial charge in [-0.05, 0) is 19.1 Å². The summed E-state index contributed by atoms with van der Waals surface area (Å²) in [4.78, 5) is 11.2. The highest BCUT2D eigenvalue weighted by molar-refractivity contribution is 8.01. The minimum absolute atomic E-state index is 0.0880. The van der Waals surface area contributed by atoms with Crippen molar-refractivity contribution >= 4 is 39.4 Å². The quantitative estimate of drug-likeness (QED) is 0.891. The molecule has 0 radical (unpaired) electrons. The molecule has 0 aliphatic carbocycles. The van der Waals surface area contributed by atoms with Crippen molar-refractivity contribution in [3.63, 3.8) is 0 Å². The van der Waals surface area contributed by atoms with Crippen LogP contribution in [0.15, 0.2) is 23.1 Å². The molecule has 6 nitrogen and oxygen atoms in total. The van der Waals surface area contributed by atoms with E-state index in [9.17, 15) is 18.3 Å². The largest absolute Gasteiger partial charge is 0.495 e. The molecular weight excluding hydrogens is 338 g/mol. The molecule has 0 amide bonds. The number of ether oxygens (including phenoxy) is 1. The van der Waals surface area contributed by atoms with Crippen molar-refractivity contribution in [1.82, 2.24) is 4.31 Å². The number of benzene rings is 1. The van der Waals surface area contributed by atoms with Crippen LogP contribution in [0.2, 0.25) is 5.02 Å². The van der Waals surface area contributed by atoms with Crippen molar-refractivity contribution in [2.24, 2.45) is 0 Å². The maximum atomic E-state index is 12.8. The zero-order valence-electron chi connectivity index (χ0n) is 11.3. The van der Waals surface area contributed by atoms with E-state index in [4.69, 9.17) is 16.3 Å². The van der Waals surface area contributed by atoms with Crippen LogP contribution in [0, 0.1) is 0 Å². The van der Waals surface area contributed by atoms with Crippen LogP contribution in [0.5, 0.6) is 5.75 Å². The molecule has 1 aliphatic rings. The first-order valence-corrected chi connectivity index (χ1v) is 8.87. The van der Waals surface area contributed by atoms with Crippen molar-refractivity contribution in [1.29, 1.82) is 0 Å². The Hall–Kier alpha value is -0.960. The summed E-state index contributed by atoms with van der Waals surface area (Å²) in [5.74, 6) is -0.856. The Balaban J connectivity index is 2.53. The highest BCUT2D eigenvalue weighted by Gasteiger charge is 2.45. The number of methoxy groups -OCH3 is 1. The van der Waals surface area contributed by atoms with E-state index in [1.165, 1.54) is 37.1 Å². The number of halogens is 1. The molecule has 0 spiro atoms. The van der Waals surface area contributed by atoms with E-state index in [-0.39, 0.29) is 16.4 Å². The van der Waals surface area contributed by atoms with Gasteiger partial charge in [0.05, 0.1) is 12.5 Å². The average Bonchev–Trinajstić information content (AvgIpc) is 2.81. The number of nitrogens with zero attached hydrogens (tertiary/aromatic N) is 1. The normalized spacial score (nSPS) is 23.2. The van der Waals surface area contributed by atoms with E-state index < -0.39 is 27.4 Å². The van der Waals surface area contributed by atoms with Crippen LogP contribution in [0.4, 0.5) is 0 Å². The molecule has 2 rings (SSSR count). The van der Waals surface area contributed by atoms with Gasteiger partial charge in [0.2, 0.25) is 10.0 Å². The zero-order valence-corrected chi connectivity index (χ0v) is 13.7. The molecule has 1 N–H and O–H groups in total. The van der Waals surface area contributed by atoms with Crippen LogP contribution in [-0.4, -0.2) is 48.1 Å². The van der Waals surface area contributed by atoms with Gasteiger partial charge in [0.15, 0.2) is 0 Å². The average molecular weight is 352 g/mol. The summed E-state index contributed by atoms with van der Waals surface area (Å²) in [6.45, 7) is 1.66. The maximum absolute atomic E-state index is 12.8. The van der Waals surface area contributed by atoms with Crippen LogP contribution >= 0.6 is 23.4 Å². The number of carboxylic acids is 1. The van der Waals surface area contributed by atoms with Crippen LogP contribution in [0.1, 0.15) is 6.92 Å². The molecule has 1 heterocycles. The minimum atomic E-state index is -3.99. The fourth-order valence-electron chi connectivity index (χ4n) is 2.14. The van der Waals surface area contributed by atoms with Crippen molar-refractivity contribution in [2.75, 3.05) is 12.9 Å². The van der Waals surface area contributed by atoms with Gasteiger partial charge in [-0.1, -0.05) is 11.6 Å². The summed E-state index contributed by atoms with van der Waals surface area (Å²) < 4.78 is 31.6. The van der Waals surface area contributed by atoms with Gasteiger partial charge in [0.1, 0.15) is 16.7 Å². The molecular formula is C12H14ClNO5S2. The van der Waals surface area contributed by atoms with E-state index in [0.717, 1.165) is 4.31 Å². The van der Waals surface area contributed by atoms with Gasteiger partial charge in [0, 0.05) is 16.8 Å². The second kappa shape index (κ2) is 6.04. The van der Waals surface area contributed by atoms with Crippen LogP contribution in [0.25, 0.3) is 0 Å². The SMILES string of the molecule is COc1cc(Cl)ccc1S(=O)(=O)N1C(C)SCC1C(=O)O. The topological polar surface area (TPSA) is 83.9 Å². The van der Waals surface area contributed by atoms with E-state index in [2.05, 4.69) is 0 Å². The maximum Gasteiger partial charge on any atom is 0.322 e. The molecule has 1 aliphatic heterocycles. The first-order chi connectivity index (χ1) is 9.78. The summed E-state index contributed by atoms with van der Waals surface area (Å²) in [6, 6.07) is 3.06. The fraction of sp³-hybridized carbons (Fsp3) is 0.417. The number of rotatable bonds is 4. The van der Waals surface area contributed by atoms with Crippen LogP contribution in [-0.2, 0) is 14.8 Å². The van der Waals surface area contributed by atoms with Crippen molar-refractivity contribution in [3.05, 3.63) is 23.2 Å². The summed E-state index contributed by atoms with van der Waals surface area (Å²) in [5.41, 5.74) is 0. The Morgan fingerprint density at radius 2 is 2.19 bits per heavy atom. The number of hydrogen-bond donors (Lipinski definition) is 1. The number of carboxylic acid groups (broad SMARTS) is 1. The van der Waals surface area contributed by atoms with Gasteiger partial charge in [0.25, 0.3) is 0 Å². The third-order valence-electron chi connectivity index (χ3n) is 3.13. The van der Waals surface area contributed by atoms with Gasteiger partial charge in [-0.25, -0.2) is 8.42 Å². The summed E-state index contributed by atoms with van der Waals surface area (Å²) in [6.07, 6.45) is 0. The Bertz CT molecular complexity index is 664. The molecule has 21 heavy (non-hydrogen) atoms. The Labute approximate surface area is 132 Å². The molecule has 0 bridgehead atoms. The van der Waals surface area contributed by atoms with Gasteiger partial charge >= 0.3 is 5.97 Å². The first kappa shape index (κ1) is 16.4. The van der Waals surface area contributed by atoms with Crippen molar-refractivity contribution in [2.45, 2.75) is 23.2 Å². The second-order valence-electron chi connectivity index (χ2n) is 4.42. The van der Waals surface area contributed by atoms with Crippen molar-refractivity contribution in [3.8, 4) is 5.75 Å². The summed E-state index contributed by atoms with van der Waals surface area (Å²) in [7, 11) is -2.66. The molecule has 1 aromatic carbocycles. The Morgan fingerprint density at radius 3 is 2.76 bits per heavy atom. The van der Waals surface area contributed by atoms with E-state index in [1.54, 1.807) is 6.92 Å². The smallest absolute Gasteiger partial charge is 0.322 e. The standard InChI is InChI=1S/C12H14ClNO5S2/c1-7-14(9(6-20-7)12(15)16)21(17,18)11-4-3-8(13)5-10(11)19-2/h3-5,7,9H,6H2,1-2H3,(H,15,16). The molecule has 1 saturated heterocycles. The minimum Gasteiger partial charge on any atom is -0.495 e. The lowest BCUT2D eigenvalue weighted by Crippen LogP contribution is -2.44. The highest BCUT2D eigenvalue weighted by atomic mass is 35.5. The highest BCUT2D eigenvalue weighted by Crippen LogP contribution is 2.37. The predicted molar refractivity (Wildman–Crippen MR) is 80.4 cm³/mol. The lowest BCUT2D eigenvalue weighted by molar-refractivity contribution is -0.140. The monoisotopic (exact) mass is 351 g/mol. The molecule has 116 valence electrons. The molecule has 9 heteroatoms. The molecule has 2 unspecified atom stereocenters. The van der Waals surface area contributed by atoms with Crippen molar-refractivity contribution < 1.29 is 23.1 Å². The number of sulfonamides is 1. The molecule has 0 aromatic heterocycles. The Morgan fingerprint density at radius 1 is 1.52 bits per heavy atom. The first-order valence-electron chi connectivity index (χ1n) is 6.00. The van der Waals surface area contributed by atoms with Gasteiger partial charge in [-0.2, -0.15) is 4.31 Å². The molecule has 2 atom stereocenters. The number of thioether (sulfide) groups is 1. The summed E-state index contributed by atoms with van der Waals surface area (Å²) in [5, 5.41) is 9.09. The Kier molecular flexibility index (Phi) is 4.72. The number of carbonyl (C=O) groups is 1. The van der Waals surface area contributed by atoms with Crippen LogP contribution in [0.3, 0.4) is 0 Å². The number of aliphatic carboxylic acids is 1. The number of hydrogen-bond acceptors (Lipinski definition) is 5. The predicted octanol–water partition coefficient (Wildman–Crippen LogP) is 1.89. The third-order valence-corrected chi connectivity index (χ3v) is 6.73. The fourth-order valence-corrected chi connectivity index (χ4v) is 5.73. The van der Waals surface area contributed by atoms with Gasteiger partial charge in [-0.15, -0.1) is 11.8 Å². The molecule has 1 fully saturated rings. The summed E-state index contributed by atoms with van der Waals surface area (Å²) >= 11 is 7.11. The zero-order chi connectivity index (χ0) is 15.8. The van der Waals surface area contributed by atoms with E-state index in [1.807, 2.05) is 0 Å². The van der Waals surface area contributed by atoms with Gasteiger partial charge < -0.3 is 9.84 Å². The second-order valence-corrected chi connectivity index (χ2v) is 8.01. The van der Waals surface area contributed by atoms with E-state index >= 15 is 0 Å². The molecule has 1 aromatic rings. The van der Waals surface area contributed by atoms with Gasteiger partial charge in [-0.3, -0.25) is 4.79 Å². The lowest BCUT2D eigenvalue weighted by atomic mass is 10.3.